The van der Waals surface area contributed by atoms with Gasteiger partial charge >= 0.3 is 5.97 Å². The smallest absolute Gasteiger partial charge is 0.335 e. The van der Waals surface area contributed by atoms with Gasteiger partial charge in [0.05, 0.1) is 24.2 Å². The number of rotatable bonds is 5. The molecular weight excluding hydrogens is 449 g/mol. The Bertz CT molecular complexity index is 867. The number of fused-ring (bicyclic) bond motifs is 1. The average molecular weight is 467 g/mol. The van der Waals surface area contributed by atoms with E-state index in [9.17, 15) is 14.7 Å². The summed E-state index contributed by atoms with van der Waals surface area (Å²) in [4.78, 5) is 23.8. The summed E-state index contributed by atoms with van der Waals surface area (Å²) in [6, 6.07) is 10.6. The van der Waals surface area contributed by atoms with E-state index < -0.39 is 5.97 Å². The highest BCUT2D eigenvalue weighted by atomic mass is 127. The molecule has 2 aromatic rings. The van der Waals surface area contributed by atoms with Crippen LogP contribution in [0.15, 0.2) is 36.4 Å². The Morgan fingerprint density at radius 3 is 2.69 bits per heavy atom. The Hall–Kier alpha value is -2.29. The van der Waals surface area contributed by atoms with Crippen LogP contribution in [0.5, 0.6) is 11.5 Å². The van der Waals surface area contributed by atoms with E-state index in [1.807, 2.05) is 24.3 Å². The van der Waals surface area contributed by atoms with E-state index in [1.165, 1.54) is 13.1 Å². The lowest BCUT2D eigenvalue weighted by Crippen LogP contribution is -2.22. The molecule has 0 bridgehead atoms. The van der Waals surface area contributed by atoms with Gasteiger partial charge in [0.15, 0.2) is 0 Å². The number of methoxy groups -OCH3 is 1. The first kappa shape index (κ1) is 18.5. The van der Waals surface area contributed by atoms with E-state index in [0.717, 1.165) is 5.56 Å². The number of hydrogen-bond acceptors (Lipinski definition) is 4. The number of ether oxygens (including phenoxy) is 2. The summed E-state index contributed by atoms with van der Waals surface area (Å²) in [5.74, 6) is -0.476. The summed E-state index contributed by atoms with van der Waals surface area (Å²) in [5.41, 5.74) is 1.96. The van der Waals surface area contributed by atoms with Gasteiger partial charge in [0.25, 0.3) is 5.91 Å². The number of carbonyl (C=O) groups excluding carboxylic acids is 1. The van der Waals surface area contributed by atoms with E-state index >= 15 is 0 Å². The van der Waals surface area contributed by atoms with Crippen LogP contribution in [0.4, 0.5) is 0 Å². The van der Waals surface area contributed by atoms with Crippen molar-refractivity contribution in [3.63, 3.8) is 0 Å². The molecule has 0 aromatic heterocycles. The van der Waals surface area contributed by atoms with Gasteiger partial charge in [-0.1, -0.05) is 34.7 Å². The van der Waals surface area contributed by atoms with Crippen molar-refractivity contribution < 1.29 is 24.2 Å². The predicted molar refractivity (Wildman–Crippen MR) is 105 cm³/mol. The van der Waals surface area contributed by atoms with Crippen LogP contribution in [-0.4, -0.2) is 41.7 Å². The lowest BCUT2D eigenvalue weighted by Gasteiger charge is -2.18. The highest BCUT2D eigenvalue weighted by Crippen LogP contribution is 2.46. The third kappa shape index (κ3) is 3.23. The molecule has 2 atom stereocenters. The number of aromatic carboxylic acids is 1. The fourth-order valence-electron chi connectivity index (χ4n) is 3.21. The maximum atomic E-state index is 12.3. The predicted octanol–water partition coefficient (Wildman–Crippen LogP) is 3.08. The normalized spacial score (nSPS) is 18.0. The molecule has 1 heterocycles. The highest BCUT2D eigenvalue weighted by Gasteiger charge is 2.38. The number of alkyl halides is 1. The van der Waals surface area contributed by atoms with Crippen molar-refractivity contribution in [2.24, 2.45) is 0 Å². The Labute approximate surface area is 164 Å². The second kappa shape index (κ2) is 7.53. The first-order chi connectivity index (χ1) is 12.5. The molecule has 0 saturated heterocycles. The second-order valence-electron chi connectivity index (χ2n) is 5.89. The summed E-state index contributed by atoms with van der Waals surface area (Å²) in [7, 11) is 3.10. The first-order valence-corrected chi connectivity index (χ1v) is 9.52. The van der Waals surface area contributed by atoms with Gasteiger partial charge in [-0.05, 0) is 29.8 Å². The van der Waals surface area contributed by atoms with E-state index in [4.69, 9.17) is 9.47 Å². The van der Waals surface area contributed by atoms with E-state index in [2.05, 4.69) is 27.9 Å². The van der Waals surface area contributed by atoms with Crippen molar-refractivity contribution in [1.29, 1.82) is 0 Å². The maximum Gasteiger partial charge on any atom is 0.335 e. The van der Waals surface area contributed by atoms with Crippen LogP contribution in [0.1, 0.15) is 37.8 Å². The maximum absolute atomic E-state index is 12.3. The van der Waals surface area contributed by atoms with Crippen molar-refractivity contribution in [1.82, 2.24) is 5.32 Å². The Morgan fingerprint density at radius 1 is 1.31 bits per heavy atom. The molecule has 1 amide bonds. The monoisotopic (exact) mass is 467 g/mol. The lowest BCUT2D eigenvalue weighted by atomic mass is 9.87. The molecule has 0 saturated carbocycles. The number of carbonyl (C=O) groups is 2. The number of halogens is 1. The molecular formula is C19H18INO5. The summed E-state index contributed by atoms with van der Waals surface area (Å²) in [5, 5.41) is 12.0. The average Bonchev–Trinajstić information content (AvgIpc) is 3.05. The minimum atomic E-state index is -1.08. The van der Waals surface area contributed by atoms with Crippen molar-refractivity contribution in [3.8, 4) is 11.5 Å². The number of benzene rings is 2. The quantitative estimate of drug-likeness (QED) is 0.522. The summed E-state index contributed by atoms with van der Waals surface area (Å²) >= 11 is 2.23. The van der Waals surface area contributed by atoms with Gasteiger partial charge in [-0.25, -0.2) is 4.79 Å². The van der Waals surface area contributed by atoms with Gasteiger partial charge in [-0.15, -0.1) is 0 Å². The van der Waals surface area contributed by atoms with Crippen LogP contribution < -0.4 is 14.8 Å². The number of amides is 1. The Balaban J connectivity index is 2.21. The summed E-state index contributed by atoms with van der Waals surface area (Å²) in [6.07, 6.45) is -0.204. The van der Waals surface area contributed by atoms with Gasteiger partial charge < -0.3 is 19.9 Å². The van der Waals surface area contributed by atoms with Gasteiger partial charge in [0.2, 0.25) is 0 Å². The first-order valence-electron chi connectivity index (χ1n) is 8.00. The highest BCUT2D eigenvalue weighted by molar-refractivity contribution is 14.1. The van der Waals surface area contributed by atoms with Crippen LogP contribution in [0.25, 0.3) is 0 Å². The molecule has 6 nitrogen and oxygen atoms in total. The molecule has 0 radical (unpaired) electrons. The minimum Gasteiger partial charge on any atom is -0.497 e. The van der Waals surface area contributed by atoms with Crippen LogP contribution in [0.3, 0.4) is 0 Å². The molecule has 0 aliphatic carbocycles. The Kier molecular flexibility index (Phi) is 5.36. The van der Waals surface area contributed by atoms with Gasteiger partial charge in [-0.3, -0.25) is 4.79 Å². The second-order valence-corrected chi connectivity index (χ2v) is 6.77. The third-order valence-electron chi connectivity index (χ3n) is 4.42. The zero-order valence-electron chi connectivity index (χ0n) is 14.3. The lowest BCUT2D eigenvalue weighted by molar-refractivity contribution is 0.0696. The largest absolute Gasteiger partial charge is 0.497 e. The zero-order chi connectivity index (χ0) is 18.8. The molecule has 2 aromatic carbocycles. The fraction of sp³-hybridized carbons (Fsp3) is 0.263. The van der Waals surface area contributed by atoms with Crippen LogP contribution in [-0.2, 0) is 0 Å². The van der Waals surface area contributed by atoms with Crippen molar-refractivity contribution in [2.45, 2.75) is 12.0 Å². The number of hydrogen-bond donors (Lipinski definition) is 2. The molecule has 1 aliphatic heterocycles. The van der Waals surface area contributed by atoms with E-state index in [0.29, 0.717) is 21.5 Å². The minimum absolute atomic E-state index is 0.0629. The molecule has 2 N–H and O–H groups in total. The standard InChI is InChI=1S/C19H18INO5/c1-21-18(22)14-8-11(19(23)24)7-13-16(15(9-20)26-17(13)14)10-4-3-5-12(6-10)25-2/h3-8,15-16H,9H2,1-2H3,(H,21,22)(H,23,24)/t15-,16+/m1/s1. The number of nitrogens with one attached hydrogen (secondary N) is 1. The zero-order valence-corrected chi connectivity index (χ0v) is 16.4. The summed E-state index contributed by atoms with van der Waals surface area (Å²) in [6.45, 7) is 0. The molecule has 0 unspecified atom stereocenters. The topological polar surface area (TPSA) is 84.9 Å². The molecule has 0 spiro atoms. The number of carboxylic acid groups (broad SMARTS) is 1. The molecule has 26 heavy (non-hydrogen) atoms. The SMILES string of the molecule is CNC(=O)c1cc(C(=O)O)cc2c1O[C@H](CI)[C@H]2c1cccc(OC)c1. The fourth-order valence-corrected chi connectivity index (χ4v) is 3.90. The summed E-state index contributed by atoms with van der Waals surface area (Å²) < 4.78 is 12.1. The van der Waals surface area contributed by atoms with Gasteiger partial charge in [0, 0.05) is 17.0 Å². The van der Waals surface area contributed by atoms with Gasteiger partial charge in [-0.2, -0.15) is 0 Å². The van der Waals surface area contributed by atoms with E-state index in [-0.39, 0.29) is 29.1 Å². The van der Waals surface area contributed by atoms with Crippen LogP contribution >= 0.6 is 22.6 Å². The van der Waals surface area contributed by atoms with Crippen molar-refractivity contribution in [2.75, 3.05) is 18.6 Å². The molecule has 136 valence electrons. The molecule has 0 fully saturated rings. The van der Waals surface area contributed by atoms with Crippen LogP contribution in [0.2, 0.25) is 0 Å². The van der Waals surface area contributed by atoms with Crippen LogP contribution in [0, 0.1) is 0 Å². The van der Waals surface area contributed by atoms with E-state index in [1.54, 1.807) is 13.2 Å². The van der Waals surface area contributed by atoms with Crippen molar-refractivity contribution in [3.05, 3.63) is 58.7 Å². The van der Waals surface area contributed by atoms with Gasteiger partial charge in [0.1, 0.15) is 17.6 Å². The molecule has 7 heteroatoms. The van der Waals surface area contributed by atoms with Crippen molar-refractivity contribution >= 4 is 34.5 Å². The third-order valence-corrected chi connectivity index (χ3v) is 5.29. The Morgan fingerprint density at radius 2 is 2.08 bits per heavy atom. The molecule has 1 aliphatic rings. The molecule has 3 rings (SSSR count). The number of carboxylic acids is 1.